The van der Waals surface area contributed by atoms with Crippen molar-refractivity contribution in [3.05, 3.63) is 64.9 Å². The summed E-state index contributed by atoms with van der Waals surface area (Å²) in [6.45, 7) is 4.64. The molecule has 3 aromatic rings. The highest BCUT2D eigenvalue weighted by atomic mass is 32.2. The molecule has 152 valence electrons. The Kier molecular flexibility index (Phi) is 8.96. The van der Waals surface area contributed by atoms with Crippen molar-refractivity contribution in [3.8, 4) is 5.75 Å². The number of unbranched alkanes of at least 4 members (excludes halogenated alkanes) is 1. The second kappa shape index (κ2) is 11.2. The van der Waals surface area contributed by atoms with E-state index < -0.39 is 15.4 Å². The molecule has 1 unspecified atom stereocenters. The Hall–Kier alpha value is -1.89. The standard InChI is InChI=1S/C18H24O4S.C4H4S/c1-3-5-13-22-17-12-11-16(14-9-6-7-10-15(14)17)18(8-4-2)23(19,20)21;1-2-4-5-3-1/h6-7,9-12,18H,3-5,8,13H2,1-2H3,(H,19,20,21);1-4H. The van der Waals surface area contributed by atoms with Gasteiger partial charge >= 0.3 is 0 Å². The van der Waals surface area contributed by atoms with E-state index in [1.165, 1.54) is 0 Å². The molecule has 0 aliphatic heterocycles. The highest BCUT2D eigenvalue weighted by molar-refractivity contribution is 7.86. The van der Waals surface area contributed by atoms with Gasteiger partial charge in [0.2, 0.25) is 0 Å². The average molecular weight is 421 g/mol. The smallest absolute Gasteiger partial charge is 0.272 e. The molecule has 1 heterocycles. The van der Waals surface area contributed by atoms with Crippen molar-refractivity contribution in [2.24, 2.45) is 0 Å². The third-order valence-corrected chi connectivity index (χ3v) is 6.19. The molecule has 0 spiro atoms. The number of benzene rings is 2. The van der Waals surface area contributed by atoms with Crippen LogP contribution in [-0.2, 0) is 10.1 Å². The molecule has 1 atom stereocenters. The Labute approximate surface area is 171 Å². The SMILES string of the molecule is CCCCOc1ccc(C(CCC)S(=O)(=O)O)c2ccccc12.c1ccsc1. The van der Waals surface area contributed by atoms with Crippen LogP contribution in [0.3, 0.4) is 0 Å². The molecule has 3 rings (SSSR count). The second-order valence-corrected chi connectivity index (χ2v) is 8.90. The summed E-state index contributed by atoms with van der Waals surface area (Å²) < 4.78 is 39.0. The van der Waals surface area contributed by atoms with Crippen LogP contribution in [0.5, 0.6) is 5.75 Å². The Bertz CT molecular complexity index is 917. The largest absolute Gasteiger partial charge is 0.493 e. The first kappa shape index (κ1) is 22.4. The summed E-state index contributed by atoms with van der Waals surface area (Å²) in [4.78, 5) is 0. The van der Waals surface area contributed by atoms with E-state index in [1.807, 2.05) is 54.1 Å². The van der Waals surface area contributed by atoms with Gasteiger partial charge in [0, 0.05) is 5.39 Å². The highest BCUT2D eigenvalue weighted by Gasteiger charge is 2.26. The number of hydrogen-bond donors (Lipinski definition) is 1. The summed E-state index contributed by atoms with van der Waals surface area (Å²) in [6, 6.07) is 15.2. The van der Waals surface area contributed by atoms with Crippen molar-refractivity contribution in [1.82, 2.24) is 0 Å². The molecule has 0 fully saturated rings. The summed E-state index contributed by atoms with van der Waals surface area (Å²) in [5, 5.41) is 4.88. The zero-order chi connectivity index (χ0) is 20.4. The van der Waals surface area contributed by atoms with Gasteiger partial charge in [-0.25, -0.2) is 0 Å². The van der Waals surface area contributed by atoms with E-state index in [9.17, 15) is 13.0 Å². The van der Waals surface area contributed by atoms with Gasteiger partial charge in [-0.05, 0) is 40.6 Å². The van der Waals surface area contributed by atoms with Crippen molar-refractivity contribution in [2.45, 2.75) is 44.8 Å². The lowest BCUT2D eigenvalue weighted by molar-refractivity contribution is 0.313. The topological polar surface area (TPSA) is 63.6 Å². The molecular weight excluding hydrogens is 392 g/mol. The van der Waals surface area contributed by atoms with Crippen LogP contribution in [0.15, 0.2) is 59.3 Å². The molecule has 0 radical (unpaired) electrons. The van der Waals surface area contributed by atoms with Crippen LogP contribution in [0, 0.1) is 0 Å². The van der Waals surface area contributed by atoms with E-state index in [2.05, 4.69) is 6.92 Å². The van der Waals surface area contributed by atoms with Crippen LogP contribution in [0.25, 0.3) is 10.8 Å². The summed E-state index contributed by atoms with van der Waals surface area (Å²) in [5.74, 6) is 0.753. The van der Waals surface area contributed by atoms with E-state index in [0.29, 0.717) is 25.0 Å². The first-order chi connectivity index (χ1) is 13.5. The van der Waals surface area contributed by atoms with E-state index in [0.717, 1.165) is 29.4 Å². The van der Waals surface area contributed by atoms with Crippen molar-refractivity contribution in [3.63, 3.8) is 0 Å². The predicted molar refractivity (Wildman–Crippen MR) is 118 cm³/mol. The van der Waals surface area contributed by atoms with Crippen molar-refractivity contribution >= 4 is 32.2 Å². The maximum atomic E-state index is 11.8. The van der Waals surface area contributed by atoms with Crippen molar-refractivity contribution < 1.29 is 17.7 Å². The van der Waals surface area contributed by atoms with Gasteiger partial charge in [-0.2, -0.15) is 19.8 Å². The number of fused-ring (bicyclic) bond motifs is 1. The molecule has 0 saturated carbocycles. The van der Waals surface area contributed by atoms with E-state index >= 15 is 0 Å². The second-order valence-electron chi connectivity index (χ2n) is 6.49. The quantitative estimate of drug-likeness (QED) is 0.334. The summed E-state index contributed by atoms with van der Waals surface area (Å²) >= 11 is 1.71. The maximum Gasteiger partial charge on any atom is 0.272 e. The van der Waals surface area contributed by atoms with Crippen LogP contribution in [0.1, 0.15) is 50.3 Å². The summed E-state index contributed by atoms with van der Waals surface area (Å²) in [7, 11) is -4.15. The van der Waals surface area contributed by atoms with E-state index in [-0.39, 0.29) is 0 Å². The Balaban J connectivity index is 0.000000485. The Morgan fingerprint density at radius 1 is 0.964 bits per heavy atom. The van der Waals surface area contributed by atoms with Gasteiger partial charge in [0.1, 0.15) is 11.0 Å². The fourth-order valence-corrected chi connectivity index (χ4v) is 4.50. The molecule has 1 N–H and O–H groups in total. The molecule has 0 bridgehead atoms. The molecular formula is C22H28O4S2. The van der Waals surface area contributed by atoms with Gasteiger partial charge in [0.25, 0.3) is 10.1 Å². The number of ether oxygens (including phenoxy) is 1. The molecule has 28 heavy (non-hydrogen) atoms. The third-order valence-electron chi connectivity index (χ3n) is 4.36. The van der Waals surface area contributed by atoms with Crippen molar-refractivity contribution in [2.75, 3.05) is 6.61 Å². The van der Waals surface area contributed by atoms with Crippen LogP contribution in [0.2, 0.25) is 0 Å². The minimum absolute atomic E-state index is 0.388. The van der Waals surface area contributed by atoms with E-state index in [1.54, 1.807) is 23.5 Å². The first-order valence-electron chi connectivity index (χ1n) is 9.56. The van der Waals surface area contributed by atoms with Crippen molar-refractivity contribution in [1.29, 1.82) is 0 Å². The lowest BCUT2D eigenvalue weighted by Gasteiger charge is -2.18. The summed E-state index contributed by atoms with van der Waals surface area (Å²) in [5.41, 5.74) is 0.632. The number of thiophene rings is 1. The third kappa shape index (κ3) is 6.33. The molecule has 2 aromatic carbocycles. The predicted octanol–water partition coefficient (Wildman–Crippen LogP) is 6.50. The van der Waals surface area contributed by atoms with Gasteiger partial charge < -0.3 is 4.74 Å². The minimum Gasteiger partial charge on any atom is -0.493 e. The molecule has 4 nitrogen and oxygen atoms in total. The summed E-state index contributed by atoms with van der Waals surface area (Å²) in [6.07, 6.45) is 3.09. The highest BCUT2D eigenvalue weighted by Crippen LogP contribution is 2.36. The molecule has 1 aromatic heterocycles. The van der Waals surface area contributed by atoms with E-state index in [4.69, 9.17) is 4.74 Å². The molecule has 6 heteroatoms. The minimum atomic E-state index is -4.15. The number of rotatable bonds is 8. The molecule has 0 aliphatic carbocycles. The zero-order valence-corrected chi connectivity index (χ0v) is 18.0. The molecule has 0 amide bonds. The number of hydrogen-bond acceptors (Lipinski definition) is 4. The lowest BCUT2D eigenvalue weighted by Crippen LogP contribution is -2.12. The Morgan fingerprint density at radius 2 is 1.64 bits per heavy atom. The first-order valence-corrected chi connectivity index (χ1v) is 12.0. The normalized spacial score (nSPS) is 12.2. The van der Waals surface area contributed by atoms with Gasteiger partial charge in [0.05, 0.1) is 6.61 Å². The maximum absolute atomic E-state index is 11.8. The molecule has 0 saturated heterocycles. The van der Waals surface area contributed by atoms with Crippen LogP contribution in [-0.4, -0.2) is 19.6 Å². The lowest BCUT2D eigenvalue weighted by atomic mass is 9.99. The van der Waals surface area contributed by atoms with Crippen LogP contribution >= 0.6 is 11.3 Å². The van der Waals surface area contributed by atoms with Gasteiger partial charge in [-0.1, -0.05) is 69.2 Å². The van der Waals surface area contributed by atoms with Gasteiger partial charge in [0.15, 0.2) is 0 Å². The van der Waals surface area contributed by atoms with Crippen LogP contribution in [0.4, 0.5) is 0 Å². The fourth-order valence-electron chi connectivity index (χ4n) is 2.98. The molecule has 0 aliphatic rings. The van der Waals surface area contributed by atoms with Gasteiger partial charge in [-0.3, -0.25) is 4.55 Å². The van der Waals surface area contributed by atoms with Gasteiger partial charge in [-0.15, -0.1) is 0 Å². The monoisotopic (exact) mass is 420 g/mol. The average Bonchev–Trinajstić information content (AvgIpc) is 3.26. The zero-order valence-electron chi connectivity index (χ0n) is 16.4. The fraction of sp³-hybridized carbons (Fsp3) is 0.364. The van der Waals surface area contributed by atoms with Crippen LogP contribution < -0.4 is 4.74 Å². The Morgan fingerprint density at radius 3 is 2.18 bits per heavy atom.